The summed E-state index contributed by atoms with van der Waals surface area (Å²) in [4.78, 5) is 35.8. The van der Waals surface area contributed by atoms with Crippen LogP contribution >= 0.6 is 0 Å². The van der Waals surface area contributed by atoms with E-state index < -0.39 is 0 Å². The van der Waals surface area contributed by atoms with E-state index in [9.17, 15) is 0 Å². The fourth-order valence-corrected chi connectivity index (χ4v) is 7.70. The molecule has 0 spiro atoms. The molecule has 236 valence electrons. The van der Waals surface area contributed by atoms with E-state index in [4.69, 9.17) is 20.0 Å². The van der Waals surface area contributed by atoms with Gasteiger partial charge in [-0.05, 0) is 99.9 Å². The summed E-state index contributed by atoms with van der Waals surface area (Å²) >= 11 is 0. The van der Waals surface area contributed by atoms with Crippen molar-refractivity contribution in [3.63, 3.8) is 0 Å². The highest BCUT2D eigenvalue weighted by molar-refractivity contribution is 6.05. The molecule has 8 nitrogen and oxygen atoms in total. The molecule has 4 N–H and O–H groups in total. The van der Waals surface area contributed by atoms with E-state index in [2.05, 4.69) is 99.6 Å². The zero-order valence-corrected chi connectivity index (χ0v) is 28.4. The molecule has 0 fully saturated rings. The first-order valence-electron chi connectivity index (χ1n) is 16.4. The van der Waals surface area contributed by atoms with Crippen LogP contribution in [0.4, 0.5) is 23.3 Å². The van der Waals surface area contributed by atoms with Gasteiger partial charge in [-0.3, -0.25) is 0 Å². The van der Waals surface area contributed by atoms with Crippen molar-refractivity contribution in [2.45, 2.75) is 55.4 Å². The standard InChI is InChI=1S/C40H36N8/c1-17-19(3)23(7)31-29(21(17)5)37-44-35-27-15-11-9-13-25(27)33(42-35)41-34-26-14-10-12-16-28(26)36(43-34)45-38-30-22(6)18(2)20(4)24(8)32(30)40(47-38)48-39(31)46-37/h9-16H,1-8H3,(H4,41,42,43,44,45,46,47,48). The first-order chi connectivity index (χ1) is 23.1. The fraction of sp³-hybridized carbons (Fsp3) is 0.200. The average Bonchev–Trinajstić information content (AvgIpc) is 3.83. The number of hydrogen-bond acceptors (Lipinski definition) is 4. The summed E-state index contributed by atoms with van der Waals surface area (Å²) in [7, 11) is 0. The molecule has 0 amide bonds. The van der Waals surface area contributed by atoms with Gasteiger partial charge in [0, 0.05) is 43.1 Å². The van der Waals surface area contributed by atoms with E-state index in [0.29, 0.717) is 0 Å². The maximum atomic E-state index is 5.43. The molecule has 0 saturated heterocycles. The third kappa shape index (κ3) is 3.77. The molecule has 0 radical (unpaired) electrons. The van der Waals surface area contributed by atoms with Crippen LogP contribution in [0.2, 0.25) is 0 Å². The zero-order valence-electron chi connectivity index (χ0n) is 28.4. The first-order valence-corrected chi connectivity index (χ1v) is 16.4. The minimum absolute atomic E-state index is 0.737. The predicted molar refractivity (Wildman–Crippen MR) is 194 cm³/mol. The maximum Gasteiger partial charge on any atom is 0.142 e. The van der Waals surface area contributed by atoms with Crippen LogP contribution in [0.25, 0.3) is 43.1 Å². The van der Waals surface area contributed by atoms with E-state index in [1.54, 1.807) is 0 Å². The van der Waals surface area contributed by atoms with Gasteiger partial charge >= 0.3 is 0 Å². The average molecular weight is 629 g/mol. The Morgan fingerprint density at radius 3 is 1.08 bits per heavy atom. The summed E-state index contributed by atoms with van der Waals surface area (Å²) in [5.74, 6) is 3.03. The molecule has 9 rings (SSSR count). The van der Waals surface area contributed by atoms with Crippen LogP contribution in [0.1, 0.15) is 44.5 Å². The molecule has 5 heterocycles. The van der Waals surface area contributed by atoms with Gasteiger partial charge in [0.25, 0.3) is 0 Å². The molecular weight excluding hydrogens is 592 g/mol. The quantitative estimate of drug-likeness (QED) is 0.130. The number of rotatable bonds is 0. The van der Waals surface area contributed by atoms with Crippen molar-refractivity contribution in [1.29, 1.82) is 0 Å². The summed E-state index contributed by atoms with van der Waals surface area (Å²) in [6, 6.07) is 16.5. The lowest BCUT2D eigenvalue weighted by Crippen LogP contribution is -2.10. The highest BCUT2D eigenvalue weighted by atomic mass is 15.1. The summed E-state index contributed by atoms with van der Waals surface area (Å²) in [6.45, 7) is 17.5. The van der Waals surface area contributed by atoms with Crippen molar-refractivity contribution in [2.24, 2.45) is 20.0 Å². The molecular formula is C40H36N8. The van der Waals surface area contributed by atoms with Crippen molar-refractivity contribution in [2.75, 3.05) is 0 Å². The predicted octanol–water partition coefficient (Wildman–Crippen LogP) is 8.20. The number of aromatic nitrogens is 4. The Balaban J connectivity index is 1.56. The van der Waals surface area contributed by atoms with Gasteiger partial charge in [-0.2, -0.15) is 0 Å². The summed E-state index contributed by atoms with van der Waals surface area (Å²) < 4.78 is 0. The van der Waals surface area contributed by atoms with Crippen molar-refractivity contribution in [3.05, 3.63) is 115 Å². The second-order valence-corrected chi connectivity index (χ2v) is 13.3. The van der Waals surface area contributed by atoms with E-state index >= 15 is 0 Å². The minimum atomic E-state index is 0.737. The Bertz CT molecular complexity index is 2980. The van der Waals surface area contributed by atoms with E-state index in [0.717, 1.165) is 88.3 Å². The molecule has 48 heavy (non-hydrogen) atoms. The van der Waals surface area contributed by atoms with Crippen LogP contribution in [0, 0.1) is 55.4 Å². The van der Waals surface area contributed by atoms with Crippen molar-refractivity contribution < 1.29 is 0 Å². The Morgan fingerprint density at radius 2 is 0.625 bits per heavy atom. The van der Waals surface area contributed by atoms with Crippen molar-refractivity contribution >= 4 is 66.4 Å². The van der Waals surface area contributed by atoms with Gasteiger partial charge in [-0.15, -0.1) is 0 Å². The third-order valence-corrected chi connectivity index (χ3v) is 11.0. The summed E-state index contributed by atoms with van der Waals surface area (Å²) in [5, 5.41) is 8.31. The number of benzene rings is 4. The van der Waals surface area contributed by atoms with Crippen LogP contribution in [0.5, 0.6) is 0 Å². The van der Waals surface area contributed by atoms with Gasteiger partial charge in [0.2, 0.25) is 0 Å². The molecule has 0 saturated carbocycles. The van der Waals surface area contributed by atoms with Gasteiger partial charge in [-0.1, -0.05) is 48.5 Å². The molecule has 8 aromatic rings. The number of aromatic amines is 4. The number of hydrogen-bond donors (Lipinski definition) is 4. The van der Waals surface area contributed by atoms with Gasteiger partial charge in [-0.25, -0.2) is 20.0 Å². The lowest BCUT2D eigenvalue weighted by atomic mass is 9.93. The lowest BCUT2D eigenvalue weighted by molar-refractivity contribution is 1.08. The van der Waals surface area contributed by atoms with Gasteiger partial charge in [0.15, 0.2) is 0 Å². The second-order valence-electron chi connectivity index (χ2n) is 13.3. The number of fused-ring (bicyclic) bond motifs is 20. The number of H-pyrrole nitrogens is 4. The van der Waals surface area contributed by atoms with Crippen LogP contribution < -0.4 is 22.0 Å². The normalized spacial score (nSPS) is 12.8. The molecule has 4 aromatic carbocycles. The summed E-state index contributed by atoms with van der Waals surface area (Å²) in [5.41, 5.74) is 12.9. The number of aryl methyl sites for hydroxylation is 4. The molecule has 0 atom stereocenters. The molecule has 4 aromatic heterocycles. The van der Waals surface area contributed by atoms with Gasteiger partial charge in [0.05, 0.1) is 0 Å². The Kier molecular flexibility index (Phi) is 5.85. The lowest BCUT2D eigenvalue weighted by Gasteiger charge is -2.12. The van der Waals surface area contributed by atoms with Crippen LogP contribution in [0.15, 0.2) is 68.5 Å². The second kappa shape index (κ2) is 9.87. The van der Waals surface area contributed by atoms with E-state index in [1.165, 1.54) is 44.5 Å². The zero-order chi connectivity index (χ0) is 33.2. The molecule has 1 aliphatic rings. The number of nitrogens with one attached hydrogen (secondary N) is 4. The Morgan fingerprint density at radius 1 is 0.312 bits per heavy atom. The van der Waals surface area contributed by atoms with Crippen LogP contribution in [-0.2, 0) is 0 Å². The molecule has 0 aliphatic carbocycles. The van der Waals surface area contributed by atoms with Crippen molar-refractivity contribution in [3.8, 4) is 0 Å². The SMILES string of the molecule is Cc1c(C)c(C)c2c3[nH]c(c2c1C)N=c1[nH]c(c2ccccc12)=Nc1[nH]c(c2ccccc12)N=c1[nH]c(c2c(C)c(C)c(C)c(C)c12)=N3. The first kappa shape index (κ1) is 28.5. The fourth-order valence-electron chi connectivity index (χ4n) is 7.70. The van der Waals surface area contributed by atoms with E-state index in [1.807, 2.05) is 24.3 Å². The van der Waals surface area contributed by atoms with E-state index in [-0.39, 0.29) is 0 Å². The Labute approximate surface area is 276 Å². The van der Waals surface area contributed by atoms with Gasteiger partial charge in [0.1, 0.15) is 45.2 Å². The van der Waals surface area contributed by atoms with Crippen LogP contribution in [0.3, 0.4) is 0 Å². The highest BCUT2D eigenvalue weighted by Crippen LogP contribution is 2.41. The minimum Gasteiger partial charge on any atom is -0.324 e. The smallest absolute Gasteiger partial charge is 0.142 e. The topological polar surface area (TPSA) is 113 Å². The largest absolute Gasteiger partial charge is 0.324 e. The summed E-state index contributed by atoms with van der Waals surface area (Å²) in [6.07, 6.45) is 0. The Hall–Kier alpha value is -5.76. The molecule has 1 aliphatic heterocycles. The third-order valence-electron chi connectivity index (χ3n) is 11.0. The van der Waals surface area contributed by atoms with Crippen LogP contribution in [-0.4, -0.2) is 19.9 Å². The molecule has 8 heteroatoms. The van der Waals surface area contributed by atoms with Gasteiger partial charge < -0.3 is 19.9 Å². The maximum absolute atomic E-state index is 5.43. The number of nitrogens with zero attached hydrogens (tertiary/aromatic N) is 4. The molecule has 8 bridgehead atoms. The monoisotopic (exact) mass is 628 g/mol. The van der Waals surface area contributed by atoms with Crippen molar-refractivity contribution in [1.82, 2.24) is 19.9 Å². The molecule has 0 unspecified atom stereocenters. The highest BCUT2D eigenvalue weighted by Gasteiger charge is 2.21.